The van der Waals surface area contributed by atoms with E-state index in [2.05, 4.69) is 67.8 Å². The fraction of sp³-hybridized carbons (Fsp3) is 0.472. The Morgan fingerprint density at radius 1 is 0.734 bits per heavy atom. The van der Waals surface area contributed by atoms with Crippen LogP contribution in [0.5, 0.6) is 0 Å². The number of unbranched alkanes of at least 4 members (excludes halogenated alkanes) is 1. The van der Waals surface area contributed by atoms with Gasteiger partial charge in [-0.15, -0.1) is 0 Å². The second-order valence-electron chi connectivity index (χ2n) is 19.4. The smallest absolute Gasteiger partial charge is 0.243 e. The summed E-state index contributed by atoms with van der Waals surface area (Å²) < 4.78 is 0. The van der Waals surface area contributed by atoms with E-state index in [4.69, 9.17) is 17.2 Å². The molecule has 426 valence electrons. The summed E-state index contributed by atoms with van der Waals surface area (Å²) in [5.74, 6) is -8.13. The van der Waals surface area contributed by atoms with Crippen LogP contribution in [0.3, 0.4) is 0 Å². The van der Waals surface area contributed by atoms with Crippen LogP contribution in [0.25, 0.3) is 10.9 Å². The molecule has 1 saturated heterocycles. The maximum absolute atomic E-state index is 14.8. The van der Waals surface area contributed by atoms with Gasteiger partial charge in [0.25, 0.3) is 0 Å². The number of nitrogens with zero attached hydrogens (tertiary/aromatic N) is 2. The quantitative estimate of drug-likeness (QED) is 0.0318. The van der Waals surface area contributed by atoms with Crippen molar-refractivity contribution in [3.05, 3.63) is 90.1 Å². The molecule has 0 spiro atoms. The Kier molecular flexibility index (Phi) is 23.8. The minimum atomic E-state index is -1.61. The first-order valence-corrected chi connectivity index (χ1v) is 26.4. The monoisotopic (exact) mass is 1090 g/mol. The summed E-state index contributed by atoms with van der Waals surface area (Å²) in [6.07, 6.45) is 5.38. The summed E-state index contributed by atoms with van der Waals surface area (Å²) in [6, 6.07) is 5.07. The molecule has 17 N–H and O–H groups in total. The Hall–Kier alpha value is -8.84. The molecule has 0 saturated carbocycles. The van der Waals surface area contributed by atoms with Crippen LogP contribution >= 0.6 is 0 Å². The second-order valence-corrected chi connectivity index (χ2v) is 19.4. The number of para-hydroxylation sites is 1. The Morgan fingerprint density at radius 2 is 1.38 bits per heavy atom. The van der Waals surface area contributed by atoms with Crippen LogP contribution in [0, 0.1) is 0 Å². The van der Waals surface area contributed by atoms with E-state index in [1.807, 2.05) is 25.1 Å². The van der Waals surface area contributed by atoms with Crippen molar-refractivity contribution in [3.63, 3.8) is 0 Å². The molecule has 2 aromatic carbocycles. The van der Waals surface area contributed by atoms with E-state index in [1.165, 1.54) is 26.4 Å². The summed E-state index contributed by atoms with van der Waals surface area (Å²) in [5.41, 5.74) is 19.2. The van der Waals surface area contributed by atoms with Gasteiger partial charge in [0.2, 0.25) is 59.1 Å². The third kappa shape index (κ3) is 19.9. The zero-order valence-corrected chi connectivity index (χ0v) is 44.7. The highest BCUT2D eigenvalue weighted by Crippen LogP contribution is 2.20. The average Bonchev–Trinajstić information content (AvgIpc) is 4.10. The number of carbonyl (C=O) groups is 10. The van der Waals surface area contributed by atoms with Crippen LogP contribution in [0.1, 0.15) is 95.4 Å². The van der Waals surface area contributed by atoms with Crippen molar-refractivity contribution in [2.24, 2.45) is 22.2 Å². The fourth-order valence-electron chi connectivity index (χ4n) is 8.80. The molecule has 1 fully saturated rings. The van der Waals surface area contributed by atoms with Gasteiger partial charge < -0.3 is 75.0 Å². The topological polar surface area (TPSA) is 414 Å². The summed E-state index contributed by atoms with van der Waals surface area (Å²) in [4.78, 5) is 153. The van der Waals surface area contributed by atoms with Crippen molar-refractivity contribution < 1.29 is 47.9 Å². The van der Waals surface area contributed by atoms with Crippen LogP contribution in [-0.4, -0.2) is 141 Å². The molecular weight excluding hydrogens is 1020 g/mol. The number of aliphatic imine (C=N–C) groups is 1. The van der Waals surface area contributed by atoms with Crippen molar-refractivity contribution in [2.75, 3.05) is 13.1 Å². The molecule has 1 aliphatic rings. The van der Waals surface area contributed by atoms with Gasteiger partial charge in [0.15, 0.2) is 5.96 Å². The van der Waals surface area contributed by atoms with Crippen LogP contribution < -0.4 is 65.1 Å². The number of amides is 10. The van der Waals surface area contributed by atoms with Gasteiger partial charge in [0, 0.05) is 68.3 Å². The molecule has 3 heterocycles. The number of hydrogen-bond acceptors (Lipinski definition) is 12. The van der Waals surface area contributed by atoms with Crippen LogP contribution in [-0.2, 0) is 67.2 Å². The van der Waals surface area contributed by atoms with Crippen molar-refractivity contribution in [1.82, 2.24) is 62.8 Å². The van der Waals surface area contributed by atoms with Gasteiger partial charge in [-0.1, -0.05) is 68.3 Å². The number of guanidine groups is 1. The summed E-state index contributed by atoms with van der Waals surface area (Å²) in [5, 5.41) is 24.8. The number of nitrogens with two attached hydrogens (primary N) is 3. The highest BCUT2D eigenvalue weighted by atomic mass is 16.2. The summed E-state index contributed by atoms with van der Waals surface area (Å²) in [6.45, 7) is 4.57. The first kappa shape index (κ1) is 61.0. The lowest BCUT2D eigenvalue weighted by Crippen LogP contribution is -2.61. The van der Waals surface area contributed by atoms with E-state index >= 15 is 0 Å². The van der Waals surface area contributed by atoms with Crippen LogP contribution in [0.4, 0.5) is 0 Å². The zero-order chi connectivity index (χ0) is 57.4. The maximum atomic E-state index is 14.8. The minimum absolute atomic E-state index is 0.0222. The highest BCUT2D eigenvalue weighted by molar-refractivity contribution is 5.99. The number of aromatic nitrogens is 3. The van der Waals surface area contributed by atoms with Gasteiger partial charge in [-0.3, -0.25) is 52.9 Å². The Labute approximate surface area is 456 Å². The molecule has 26 nitrogen and oxygen atoms in total. The standard InChI is InChI=1S/C53H74N16O10/c1-4-5-17-38(63-31(3)70)47(74)69-43-26-44(71)58-21-12-11-19-37(45(54)72)64-46(73)30(2)62-49(76)41(24-33-27-60-36-18-10-9-16-35(33)36)67-48(75)39(20-13-22-59-53(55)56)65-50(77)40(23-32-14-7-6-8-15-32)66-51(78)42(68-52(43)79)25-34-28-57-29-61-34/h6-10,14-16,18,27-30,37-43,60H,4-5,11-13,17,19-26H2,1-3H3,(H2,54,72)(H,57,61)(H,58,71)(H,62,76)(H,63,70)(H,64,73)(H,65,77)(H,66,78)(H,67,75)(H,68,79)(H,69,74)(H4,55,56,59)/t30-,37-,38-,39-,40-,41+,42-,43+/m0/s1. The molecule has 79 heavy (non-hydrogen) atoms. The number of H-pyrrole nitrogens is 2. The van der Waals surface area contributed by atoms with E-state index in [1.54, 1.807) is 42.6 Å². The molecule has 0 bridgehead atoms. The predicted octanol–water partition coefficient (Wildman–Crippen LogP) is -1.74. The van der Waals surface area contributed by atoms with Gasteiger partial charge in [-0.25, -0.2) is 4.98 Å². The lowest BCUT2D eigenvalue weighted by atomic mass is 10.0. The maximum Gasteiger partial charge on any atom is 0.243 e. The largest absolute Gasteiger partial charge is 0.370 e. The van der Waals surface area contributed by atoms with Gasteiger partial charge >= 0.3 is 0 Å². The number of fused-ring (bicyclic) bond motifs is 1. The van der Waals surface area contributed by atoms with Gasteiger partial charge in [0.05, 0.1) is 12.7 Å². The fourth-order valence-corrected chi connectivity index (χ4v) is 8.80. The average molecular weight is 1100 g/mol. The molecule has 10 amide bonds. The molecule has 26 heteroatoms. The first-order valence-electron chi connectivity index (χ1n) is 26.4. The number of rotatable bonds is 17. The van der Waals surface area contributed by atoms with Gasteiger partial charge in [-0.2, -0.15) is 0 Å². The molecule has 0 radical (unpaired) electrons. The normalized spacial score (nSPS) is 22.1. The van der Waals surface area contributed by atoms with Crippen molar-refractivity contribution in [2.45, 2.75) is 146 Å². The highest BCUT2D eigenvalue weighted by Gasteiger charge is 2.35. The predicted molar refractivity (Wildman–Crippen MR) is 291 cm³/mol. The van der Waals surface area contributed by atoms with Gasteiger partial charge in [-0.05, 0) is 62.6 Å². The van der Waals surface area contributed by atoms with Crippen molar-refractivity contribution >= 4 is 75.9 Å². The van der Waals surface area contributed by atoms with E-state index in [9.17, 15) is 47.9 Å². The molecule has 5 rings (SSSR count). The number of imidazole rings is 1. The van der Waals surface area contributed by atoms with Crippen molar-refractivity contribution in [3.8, 4) is 0 Å². The number of carbonyl (C=O) groups excluding carboxylic acids is 10. The lowest BCUT2D eigenvalue weighted by molar-refractivity contribution is -0.136. The number of hydrogen-bond donors (Lipinski definition) is 14. The SMILES string of the molecule is CCCC[C@H](NC(C)=O)C(=O)N[C@@H]1CC(=O)NCCCC[C@@H](C(N)=O)NC(=O)[C@H](C)NC(=O)[C@@H](Cc2c[nH]c3ccccc23)NC(=O)[C@H](CCCN=C(N)N)NC(=O)[C@H](Cc2ccccc2)NC(=O)[C@H](Cc2cnc[nH]2)NC1=O. The third-order valence-electron chi connectivity index (χ3n) is 13.1. The Balaban J connectivity index is 1.56. The minimum Gasteiger partial charge on any atom is -0.370 e. The number of primary amides is 1. The molecule has 1 aliphatic heterocycles. The molecule has 0 aliphatic carbocycles. The first-order chi connectivity index (χ1) is 37.8. The summed E-state index contributed by atoms with van der Waals surface area (Å²) in [7, 11) is 0. The van der Waals surface area contributed by atoms with E-state index in [0.29, 0.717) is 29.7 Å². The van der Waals surface area contributed by atoms with Crippen LogP contribution in [0.15, 0.2) is 78.3 Å². The Bertz CT molecular complexity index is 2760. The number of nitrogens with one attached hydrogen (secondary N) is 11. The number of benzene rings is 2. The van der Waals surface area contributed by atoms with Gasteiger partial charge in [0.1, 0.15) is 48.3 Å². The molecular formula is C53H74N16O10. The van der Waals surface area contributed by atoms with Crippen LogP contribution in [0.2, 0.25) is 0 Å². The van der Waals surface area contributed by atoms with Crippen molar-refractivity contribution in [1.29, 1.82) is 0 Å². The zero-order valence-electron chi connectivity index (χ0n) is 44.7. The lowest BCUT2D eigenvalue weighted by Gasteiger charge is -2.28. The Morgan fingerprint density at radius 3 is 2.05 bits per heavy atom. The molecule has 0 unspecified atom stereocenters. The van der Waals surface area contributed by atoms with E-state index in [-0.39, 0.29) is 76.8 Å². The summed E-state index contributed by atoms with van der Waals surface area (Å²) >= 11 is 0. The second kappa shape index (κ2) is 30.8. The number of aromatic amines is 2. The third-order valence-corrected chi connectivity index (χ3v) is 13.1. The molecule has 2 aromatic heterocycles. The molecule has 4 aromatic rings. The van der Waals surface area contributed by atoms with E-state index < -0.39 is 114 Å². The molecule has 8 atom stereocenters. The van der Waals surface area contributed by atoms with E-state index in [0.717, 1.165) is 10.9 Å².